The summed E-state index contributed by atoms with van der Waals surface area (Å²) in [6, 6.07) is 7.14. The van der Waals surface area contributed by atoms with Crippen molar-refractivity contribution < 1.29 is 14.3 Å². The van der Waals surface area contributed by atoms with Crippen LogP contribution in [0.2, 0.25) is 0 Å². The number of nitrogens with one attached hydrogen (secondary N) is 1. The molecule has 0 spiro atoms. The molecular weight excluding hydrogens is 282 g/mol. The minimum absolute atomic E-state index is 0.171. The molecule has 0 radical (unpaired) electrons. The van der Waals surface area contributed by atoms with Crippen molar-refractivity contribution in [2.75, 3.05) is 12.3 Å². The highest BCUT2D eigenvalue weighted by molar-refractivity contribution is 5.96. The predicted octanol–water partition coefficient (Wildman–Crippen LogP) is 1.54. The van der Waals surface area contributed by atoms with E-state index < -0.39 is 24.0 Å². The fourth-order valence-corrected chi connectivity index (χ4v) is 2.28. The fourth-order valence-electron chi connectivity index (χ4n) is 2.28. The van der Waals surface area contributed by atoms with E-state index in [4.69, 9.17) is 10.5 Å². The Balaban J connectivity index is 1.92. The van der Waals surface area contributed by atoms with Gasteiger partial charge in [-0.1, -0.05) is 12.1 Å². The van der Waals surface area contributed by atoms with Crippen molar-refractivity contribution in [2.45, 2.75) is 32.2 Å². The first kappa shape index (κ1) is 15.8. The Kier molecular flexibility index (Phi) is 4.36. The number of nitrogen functional groups attached to an aromatic ring is 1. The van der Waals surface area contributed by atoms with Crippen LogP contribution in [0.15, 0.2) is 18.2 Å². The zero-order valence-corrected chi connectivity index (χ0v) is 12.7. The molecule has 116 valence electrons. The largest absolute Gasteiger partial charge is 0.452 e. The number of benzene rings is 1. The second-order valence-corrected chi connectivity index (χ2v) is 5.75. The number of carbonyl (C=O) groups is 2. The van der Waals surface area contributed by atoms with Crippen LogP contribution in [0.1, 0.15) is 35.7 Å². The molecule has 0 aromatic heterocycles. The highest BCUT2D eigenvalue weighted by atomic mass is 16.5. The van der Waals surface area contributed by atoms with Crippen LogP contribution >= 0.6 is 0 Å². The second-order valence-electron chi connectivity index (χ2n) is 5.75. The summed E-state index contributed by atoms with van der Waals surface area (Å²) < 4.78 is 4.98. The maximum absolute atomic E-state index is 12.0. The normalized spacial score (nSPS) is 16.2. The lowest BCUT2D eigenvalue weighted by Crippen LogP contribution is -2.48. The Labute approximate surface area is 129 Å². The van der Waals surface area contributed by atoms with Crippen molar-refractivity contribution in [3.8, 4) is 6.07 Å². The van der Waals surface area contributed by atoms with E-state index in [1.54, 1.807) is 32.0 Å². The van der Waals surface area contributed by atoms with Crippen molar-refractivity contribution in [1.29, 1.82) is 5.26 Å². The van der Waals surface area contributed by atoms with Crippen LogP contribution in [0, 0.1) is 24.2 Å². The topological polar surface area (TPSA) is 105 Å². The maximum atomic E-state index is 12.0. The third-order valence-electron chi connectivity index (χ3n) is 3.90. The minimum atomic E-state index is -0.897. The molecule has 3 N–H and O–H groups in total. The molecule has 1 aromatic carbocycles. The van der Waals surface area contributed by atoms with E-state index >= 15 is 0 Å². The second kappa shape index (κ2) is 6.06. The summed E-state index contributed by atoms with van der Waals surface area (Å²) in [4.78, 5) is 23.8. The number of nitrogens with two attached hydrogens (primary N) is 1. The van der Waals surface area contributed by atoms with Crippen LogP contribution in [0.5, 0.6) is 0 Å². The van der Waals surface area contributed by atoms with Gasteiger partial charge < -0.3 is 15.8 Å². The summed E-state index contributed by atoms with van der Waals surface area (Å²) in [5.41, 5.74) is 6.26. The van der Waals surface area contributed by atoms with Gasteiger partial charge in [0.25, 0.3) is 5.91 Å². The van der Waals surface area contributed by atoms with Crippen LogP contribution in [-0.4, -0.2) is 24.0 Å². The molecule has 1 aromatic rings. The number of rotatable bonds is 5. The highest BCUT2D eigenvalue weighted by Crippen LogP contribution is 2.39. The predicted molar refractivity (Wildman–Crippen MR) is 80.8 cm³/mol. The lowest BCUT2D eigenvalue weighted by atomic mass is 9.98. The van der Waals surface area contributed by atoms with Crippen molar-refractivity contribution in [3.63, 3.8) is 0 Å². The van der Waals surface area contributed by atoms with Crippen molar-refractivity contribution in [1.82, 2.24) is 5.32 Å². The van der Waals surface area contributed by atoms with Crippen LogP contribution in [0.25, 0.3) is 0 Å². The molecule has 0 unspecified atom stereocenters. The zero-order valence-electron chi connectivity index (χ0n) is 12.7. The van der Waals surface area contributed by atoms with E-state index in [1.165, 1.54) is 0 Å². The van der Waals surface area contributed by atoms with Gasteiger partial charge in [0.2, 0.25) is 0 Å². The third-order valence-corrected chi connectivity index (χ3v) is 3.90. The molecule has 6 nitrogen and oxygen atoms in total. The number of ether oxygens (including phenoxy) is 1. The molecule has 2 rings (SSSR count). The maximum Gasteiger partial charge on any atom is 0.340 e. The molecule has 1 amide bonds. The van der Waals surface area contributed by atoms with Gasteiger partial charge in [0.1, 0.15) is 5.54 Å². The first-order valence-electron chi connectivity index (χ1n) is 7.12. The molecule has 1 saturated carbocycles. The average molecular weight is 301 g/mol. The van der Waals surface area contributed by atoms with Crippen LogP contribution in [0.4, 0.5) is 5.69 Å². The zero-order chi connectivity index (χ0) is 16.3. The number of nitrogens with zero attached hydrogens (tertiary/aromatic N) is 1. The van der Waals surface area contributed by atoms with Gasteiger partial charge in [-0.25, -0.2) is 4.79 Å². The fraction of sp³-hybridized carbons (Fsp3) is 0.438. The monoisotopic (exact) mass is 301 g/mol. The number of carbonyl (C=O) groups excluding carboxylic acids is 2. The van der Waals surface area contributed by atoms with Gasteiger partial charge in [0.05, 0.1) is 11.6 Å². The molecular formula is C16H19N3O3. The van der Waals surface area contributed by atoms with Crippen LogP contribution in [0.3, 0.4) is 0 Å². The molecule has 0 aliphatic heterocycles. The van der Waals surface area contributed by atoms with Crippen molar-refractivity contribution in [2.24, 2.45) is 5.92 Å². The Morgan fingerprint density at radius 1 is 1.50 bits per heavy atom. The quantitative estimate of drug-likeness (QED) is 0.634. The van der Waals surface area contributed by atoms with Gasteiger partial charge in [-0.2, -0.15) is 5.26 Å². The van der Waals surface area contributed by atoms with Gasteiger partial charge in [-0.15, -0.1) is 0 Å². The summed E-state index contributed by atoms with van der Waals surface area (Å²) in [5, 5.41) is 11.8. The van der Waals surface area contributed by atoms with Crippen molar-refractivity contribution >= 4 is 17.6 Å². The molecule has 1 fully saturated rings. The molecule has 6 heteroatoms. The highest BCUT2D eigenvalue weighted by Gasteiger charge is 2.43. The van der Waals surface area contributed by atoms with E-state index in [2.05, 4.69) is 11.4 Å². The Morgan fingerprint density at radius 3 is 2.77 bits per heavy atom. The van der Waals surface area contributed by atoms with E-state index in [9.17, 15) is 14.9 Å². The molecule has 0 bridgehead atoms. The number of hydrogen-bond donors (Lipinski definition) is 2. The lowest BCUT2D eigenvalue weighted by molar-refractivity contribution is -0.125. The van der Waals surface area contributed by atoms with Gasteiger partial charge in [-0.05, 0) is 44.2 Å². The number of para-hydroxylation sites is 1. The number of amides is 1. The minimum Gasteiger partial charge on any atom is -0.452 e. The SMILES string of the molecule is Cc1cccc(C(=O)OCC(=O)N[C@@](C)(C#N)C2CC2)c1N. The van der Waals surface area contributed by atoms with E-state index in [-0.39, 0.29) is 11.5 Å². The van der Waals surface area contributed by atoms with Gasteiger partial charge >= 0.3 is 5.97 Å². The lowest BCUT2D eigenvalue weighted by Gasteiger charge is -2.22. The number of hydrogen-bond acceptors (Lipinski definition) is 5. The molecule has 1 aliphatic carbocycles. The van der Waals surface area contributed by atoms with E-state index in [0.29, 0.717) is 5.69 Å². The summed E-state index contributed by atoms with van der Waals surface area (Å²) in [7, 11) is 0. The third kappa shape index (κ3) is 3.37. The number of anilines is 1. The summed E-state index contributed by atoms with van der Waals surface area (Å²) >= 11 is 0. The van der Waals surface area contributed by atoms with Crippen LogP contribution < -0.4 is 11.1 Å². The van der Waals surface area contributed by atoms with Gasteiger partial charge in [-0.3, -0.25) is 4.79 Å². The molecule has 1 aliphatic rings. The summed E-state index contributed by atoms with van der Waals surface area (Å²) in [6.45, 7) is 3.03. The first-order valence-corrected chi connectivity index (χ1v) is 7.12. The van der Waals surface area contributed by atoms with Gasteiger partial charge in [0, 0.05) is 5.69 Å². The average Bonchev–Trinajstić information content (AvgIpc) is 3.32. The number of aryl methyl sites for hydroxylation is 1. The number of esters is 1. The molecule has 22 heavy (non-hydrogen) atoms. The number of nitriles is 1. The van der Waals surface area contributed by atoms with E-state index in [1.807, 2.05) is 0 Å². The summed E-state index contributed by atoms with van der Waals surface area (Å²) in [6.07, 6.45) is 1.84. The Morgan fingerprint density at radius 2 is 2.18 bits per heavy atom. The molecule has 0 heterocycles. The van der Waals surface area contributed by atoms with Crippen LogP contribution in [-0.2, 0) is 9.53 Å². The van der Waals surface area contributed by atoms with Crippen molar-refractivity contribution in [3.05, 3.63) is 29.3 Å². The smallest absolute Gasteiger partial charge is 0.340 e. The van der Waals surface area contributed by atoms with Gasteiger partial charge in [0.15, 0.2) is 6.61 Å². The molecule has 1 atom stereocenters. The standard InChI is InChI=1S/C16H19N3O3/c1-10-4-3-5-12(14(10)18)15(21)22-8-13(20)19-16(2,9-17)11-6-7-11/h3-5,11H,6-8,18H2,1-2H3,(H,19,20)/t16-/m0/s1. The molecule has 0 saturated heterocycles. The first-order chi connectivity index (χ1) is 10.4. The Bertz CT molecular complexity index is 647. The van der Waals surface area contributed by atoms with E-state index in [0.717, 1.165) is 18.4 Å². The Hall–Kier alpha value is -2.55. The summed E-state index contributed by atoms with van der Waals surface area (Å²) in [5.74, 6) is -0.971.